The first-order valence-electron chi connectivity index (χ1n) is 9.12. The van der Waals surface area contributed by atoms with Crippen LogP contribution in [0.1, 0.15) is 29.8 Å². The molecule has 7 nitrogen and oxygen atoms in total. The summed E-state index contributed by atoms with van der Waals surface area (Å²) in [6, 6.07) is 9.27. The molecule has 9 heteroatoms. The molecule has 30 heavy (non-hydrogen) atoms. The lowest BCUT2D eigenvalue weighted by atomic mass is 10.2. The molecule has 0 atom stereocenters. The fourth-order valence-electron chi connectivity index (χ4n) is 2.75. The molecular weight excluding hydrogens is 428 g/mol. The molecule has 1 aliphatic rings. The summed E-state index contributed by atoms with van der Waals surface area (Å²) in [6.07, 6.45) is 1.67. The summed E-state index contributed by atoms with van der Waals surface area (Å²) in [5.41, 5.74) is 1.32. The summed E-state index contributed by atoms with van der Waals surface area (Å²) in [5, 5.41) is 19.6. The smallest absolute Gasteiger partial charge is 0.335 e. The molecule has 1 amide bonds. The average molecular weight is 447 g/mol. The third-order valence-electron chi connectivity index (χ3n) is 4.19. The van der Waals surface area contributed by atoms with Gasteiger partial charge in [-0.1, -0.05) is 11.6 Å². The number of rotatable bonds is 6. The topological polar surface area (TPSA) is 99.4 Å². The van der Waals surface area contributed by atoms with Crippen molar-refractivity contribution in [3.8, 4) is 11.5 Å². The Morgan fingerprint density at radius 1 is 1.27 bits per heavy atom. The second-order valence-corrected chi connectivity index (χ2v) is 7.61. The lowest BCUT2D eigenvalue weighted by molar-refractivity contribution is -0.122. The van der Waals surface area contributed by atoms with E-state index in [1.807, 2.05) is 6.92 Å². The standard InChI is InChI=1S/C21H19ClN2O5S/c1-3-24-19(26)17(11-12-9-15(22)18(25)16(10-12)29-4-2)30-21(24)23-14-7-5-13(6-8-14)20(27)28/h5-11,25H,3-4H2,1-2H3,(H,27,28)/b17-11+,23-21?. The predicted molar refractivity (Wildman–Crippen MR) is 118 cm³/mol. The number of thioether (sulfide) groups is 1. The number of carbonyl (C=O) groups excluding carboxylic acids is 1. The third kappa shape index (κ3) is 4.60. The van der Waals surface area contributed by atoms with Gasteiger partial charge in [0.2, 0.25) is 0 Å². The molecule has 0 radical (unpaired) electrons. The van der Waals surface area contributed by atoms with Crippen LogP contribution in [0.2, 0.25) is 5.02 Å². The van der Waals surface area contributed by atoms with E-state index in [2.05, 4.69) is 4.99 Å². The molecule has 1 fully saturated rings. The van der Waals surface area contributed by atoms with Crippen molar-refractivity contribution in [1.82, 2.24) is 4.90 Å². The molecule has 2 aromatic rings. The fourth-order valence-corrected chi connectivity index (χ4v) is 4.03. The van der Waals surface area contributed by atoms with Crippen molar-refractivity contribution in [3.63, 3.8) is 0 Å². The summed E-state index contributed by atoms with van der Waals surface area (Å²) in [5.74, 6) is -1.12. The Hall–Kier alpha value is -2.97. The number of benzene rings is 2. The zero-order valence-electron chi connectivity index (χ0n) is 16.3. The van der Waals surface area contributed by atoms with E-state index in [0.29, 0.717) is 34.5 Å². The molecule has 0 unspecified atom stereocenters. The normalized spacial score (nSPS) is 16.5. The molecule has 0 spiro atoms. The molecule has 2 N–H and O–H groups in total. The van der Waals surface area contributed by atoms with Crippen LogP contribution in [0, 0.1) is 0 Å². The summed E-state index contributed by atoms with van der Waals surface area (Å²) < 4.78 is 5.39. The number of aromatic carboxylic acids is 1. The Morgan fingerprint density at radius 3 is 2.57 bits per heavy atom. The van der Waals surface area contributed by atoms with Crippen molar-refractivity contribution in [2.75, 3.05) is 13.2 Å². The van der Waals surface area contributed by atoms with Crippen LogP contribution >= 0.6 is 23.4 Å². The van der Waals surface area contributed by atoms with Crippen molar-refractivity contribution >= 4 is 52.2 Å². The minimum atomic E-state index is -1.01. The van der Waals surface area contributed by atoms with Gasteiger partial charge in [0.25, 0.3) is 5.91 Å². The van der Waals surface area contributed by atoms with Crippen LogP contribution in [0.3, 0.4) is 0 Å². The number of hydrogen-bond acceptors (Lipinski definition) is 6. The maximum Gasteiger partial charge on any atom is 0.335 e. The number of carbonyl (C=O) groups is 2. The third-order valence-corrected chi connectivity index (χ3v) is 5.49. The highest BCUT2D eigenvalue weighted by Gasteiger charge is 2.32. The minimum Gasteiger partial charge on any atom is -0.503 e. The zero-order chi connectivity index (χ0) is 21.8. The molecule has 0 aromatic heterocycles. The maximum absolute atomic E-state index is 12.8. The van der Waals surface area contributed by atoms with Gasteiger partial charge in [-0.3, -0.25) is 9.69 Å². The van der Waals surface area contributed by atoms with Crippen LogP contribution in [0.25, 0.3) is 6.08 Å². The van der Waals surface area contributed by atoms with Gasteiger partial charge in [-0.25, -0.2) is 9.79 Å². The molecule has 1 aliphatic heterocycles. The second kappa shape index (κ2) is 9.23. The van der Waals surface area contributed by atoms with E-state index < -0.39 is 5.97 Å². The van der Waals surface area contributed by atoms with Crippen molar-refractivity contribution in [1.29, 1.82) is 0 Å². The number of halogens is 1. The molecular formula is C21H19ClN2O5S. The van der Waals surface area contributed by atoms with Crippen molar-refractivity contribution in [2.45, 2.75) is 13.8 Å². The average Bonchev–Trinajstić information content (AvgIpc) is 3.00. The van der Waals surface area contributed by atoms with Gasteiger partial charge in [-0.15, -0.1) is 0 Å². The maximum atomic E-state index is 12.8. The van der Waals surface area contributed by atoms with Gasteiger partial charge in [0.15, 0.2) is 16.7 Å². The van der Waals surface area contributed by atoms with Crippen LogP contribution in [-0.4, -0.2) is 45.3 Å². The van der Waals surface area contributed by atoms with Gasteiger partial charge in [-0.2, -0.15) is 0 Å². The molecule has 0 aliphatic carbocycles. The lowest BCUT2D eigenvalue weighted by Gasteiger charge is -2.12. The molecule has 1 heterocycles. The lowest BCUT2D eigenvalue weighted by Crippen LogP contribution is -2.28. The van der Waals surface area contributed by atoms with E-state index in [-0.39, 0.29) is 28.0 Å². The van der Waals surface area contributed by atoms with Gasteiger partial charge in [0.1, 0.15) is 0 Å². The van der Waals surface area contributed by atoms with E-state index in [1.165, 1.54) is 28.8 Å². The van der Waals surface area contributed by atoms with Gasteiger partial charge in [0.05, 0.1) is 27.8 Å². The number of aliphatic imine (C=N–C) groups is 1. The van der Waals surface area contributed by atoms with Gasteiger partial charge >= 0.3 is 5.97 Å². The molecule has 1 saturated heterocycles. The number of aromatic hydroxyl groups is 1. The monoisotopic (exact) mass is 446 g/mol. The number of nitrogens with zero attached hydrogens (tertiary/aromatic N) is 2. The van der Waals surface area contributed by atoms with E-state index >= 15 is 0 Å². The number of carboxylic acid groups (broad SMARTS) is 1. The van der Waals surface area contributed by atoms with Crippen molar-refractivity contribution in [2.24, 2.45) is 4.99 Å². The van der Waals surface area contributed by atoms with Gasteiger partial charge < -0.3 is 14.9 Å². The Labute approximate surface area is 182 Å². The number of hydrogen-bond donors (Lipinski definition) is 2. The van der Waals surface area contributed by atoms with Crippen LogP contribution in [-0.2, 0) is 4.79 Å². The molecule has 2 aromatic carbocycles. The number of phenolic OH excluding ortho intramolecular Hbond substituents is 1. The Morgan fingerprint density at radius 2 is 1.97 bits per heavy atom. The number of ether oxygens (including phenoxy) is 1. The number of amidine groups is 1. The molecule has 0 saturated carbocycles. The van der Waals surface area contributed by atoms with Crippen LogP contribution in [0.4, 0.5) is 5.69 Å². The minimum absolute atomic E-state index is 0.128. The van der Waals surface area contributed by atoms with Gasteiger partial charge in [0, 0.05) is 6.54 Å². The molecule has 156 valence electrons. The number of likely N-dealkylation sites (N-methyl/N-ethyl adjacent to an activating group) is 1. The number of phenols is 1. The summed E-state index contributed by atoms with van der Waals surface area (Å²) >= 11 is 7.28. The highest BCUT2D eigenvalue weighted by atomic mass is 35.5. The van der Waals surface area contributed by atoms with Crippen LogP contribution in [0.15, 0.2) is 46.3 Å². The summed E-state index contributed by atoms with van der Waals surface area (Å²) in [7, 11) is 0. The molecule has 0 bridgehead atoms. The van der Waals surface area contributed by atoms with E-state index in [9.17, 15) is 14.7 Å². The van der Waals surface area contributed by atoms with Gasteiger partial charge in [-0.05, 0) is 73.6 Å². The highest BCUT2D eigenvalue weighted by Crippen LogP contribution is 2.38. The molecule has 3 rings (SSSR count). The highest BCUT2D eigenvalue weighted by molar-refractivity contribution is 8.18. The number of amides is 1. The Bertz CT molecular complexity index is 1050. The zero-order valence-corrected chi connectivity index (χ0v) is 17.8. The first-order valence-corrected chi connectivity index (χ1v) is 10.3. The van der Waals surface area contributed by atoms with Crippen LogP contribution in [0.5, 0.6) is 11.5 Å². The Balaban J connectivity index is 1.93. The van der Waals surface area contributed by atoms with E-state index in [1.54, 1.807) is 37.3 Å². The second-order valence-electron chi connectivity index (χ2n) is 6.19. The SMILES string of the molecule is CCOc1cc(/C=C2/SC(=Nc3ccc(C(=O)O)cc3)N(CC)C2=O)cc(Cl)c1O. The van der Waals surface area contributed by atoms with E-state index in [0.717, 1.165) is 0 Å². The predicted octanol–water partition coefficient (Wildman–Crippen LogP) is 4.77. The quantitative estimate of drug-likeness (QED) is 0.620. The first kappa shape index (κ1) is 21.7. The summed E-state index contributed by atoms with van der Waals surface area (Å²) in [4.78, 5) is 30.3. The van der Waals surface area contributed by atoms with Crippen LogP contribution < -0.4 is 4.74 Å². The summed E-state index contributed by atoms with van der Waals surface area (Å²) in [6.45, 7) is 4.42. The largest absolute Gasteiger partial charge is 0.503 e. The fraction of sp³-hybridized carbons (Fsp3) is 0.190. The Kier molecular flexibility index (Phi) is 6.69. The number of carboxylic acids is 1. The van der Waals surface area contributed by atoms with Crippen molar-refractivity contribution < 1.29 is 24.5 Å². The first-order chi connectivity index (χ1) is 14.3. The van der Waals surface area contributed by atoms with Crippen molar-refractivity contribution in [3.05, 3.63) is 57.5 Å². The van der Waals surface area contributed by atoms with E-state index in [4.69, 9.17) is 21.4 Å².